The van der Waals surface area contributed by atoms with Crippen molar-refractivity contribution in [2.24, 2.45) is 5.92 Å². The Bertz CT molecular complexity index is 813. The molecule has 1 unspecified atom stereocenters. The van der Waals surface area contributed by atoms with E-state index in [4.69, 9.17) is 0 Å². The minimum Gasteiger partial charge on any atom is -0.354 e. The van der Waals surface area contributed by atoms with Gasteiger partial charge in [0.25, 0.3) is 0 Å². The van der Waals surface area contributed by atoms with E-state index in [1.807, 2.05) is 29.3 Å². The van der Waals surface area contributed by atoms with Gasteiger partial charge in [-0.1, -0.05) is 0 Å². The molecule has 2 aliphatic heterocycles. The highest BCUT2D eigenvalue weighted by molar-refractivity contribution is 5.80. The number of carbonyl (C=O) groups excluding carboxylic acids is 2. The molecule has 2 aliphatic rings. The van der Waals surface area contributed by atoms with Gasteiger partial charge < -0.3 is 14.7 Å². The molecule has 0 radical (unpaired) electrons. The summed E-state index contributed by atoms with van der Waals surface area (Å²) in [7, 11) is 0. The van der Waals surface area contributed by atoms with Crippen molar-refractivity contribution in [2.75, 3.05) is 44.2 Å². The normalized spacial score (nSPS) is 20.3. The second kappa shape index (κ2) is 7.95. The molecule has 2 fully saturated rings. The highest BCUT2D eigenvalue weighted by atomic mass is 16.2. The molecule has 2 aromatic heterocycles. The third-order valence-electron chi connectivity index (χ3n) is 5.51. The van der Waals surface area contributed by atoms with Crippen molar-refractivity contribution in [2.45, 2.75) is 19.8 Å². The monoisotopic (exact) mass is 383 g/mol. The van der Waals surface area contributed by atoms with Crippen molar-refractivity contribution < 1.29 is 9.59 Å². The molecule has 0 saturated carbocycles. The largest absolute Gasteiger partial charge is 0.354 e. The standard InChI is InChI=1S/C19H25N7O2/c1-15(27)23-10-12-24(13-11-23)19(28)16-4-2-8-25(14-16)17-5-6-18(22-21-17)26-9-3-7-20-26/h3,5-7,9,16H,2,4,8,10-14H2,1H3. The number of piperazine rings is 1. The molecule has 4 rings (SSSR count). The summed E-state index contributed by atoms with van der Waals surface area (Å²) < 4.78 is 1.67. The summed E-state index contributed by atoms with van der Waals surface area (Å²) in [6.07, 6.45) is 5.37. The lowest BCUT2D eigenvalue weighted by atomic mass is 9.96. The van der Waals surface area contributed by atoms with Crippen LogP contribution in [0.15, 0.2) is 30.6 Å². The van der Waals surface area contributed by atoms with Crippen molar-refractivity contribution in [3.63, 3.8) is 0 Å². The van der Waals surface area contributed by atoms with E-state index in [1.54, 1.807) is 22.7 Å². The molecule has 0 aliphatic carbocycles. The highest BCUT2D eigenvalue weighted by Crippen LogP contribution is 2.23. The maximum atomic E-state index is 13.0. The quantitative estimate of drug-likeness (QED) is 0.770. The zero-order valence-electron chi connectivity index (χ0n) is 16.1. The number of hydrogen-bond acceptors (Lipinski definition) is 6. The summed E-state index contributed by atoms with van der Waals surface area (Å²) in [6, 6.07) is 5.66. The number of carbonyl (C=O) groups is 2. The maximum absolute atomic E-state index is 13.0. The molecule has 1 atom stereocenters. The summed E-state index contributed by atoms with van der Waals surface area (Å²) in [4.78, 5) is 30.3. The molecular weight excluding hydrogens is 358 g/mol. The Hall–Kier alpha value is -2.97. The van der Waals surface area contributed by atoms with Crippen LogP contribution >= 0.6 is 0 Å². The molecule has 2 amide bonds. The summed E-state index contributed by atoms with van der Waals surface area (Å²) in [5.74, 6) is 1.68. The number of hydrogen-bond donors (Lipinski definition) is 0. The maximum Gasteiger partial charge on any atom is 0.227 e. The lowest BCUT2D eigenvalue weighted by Crippen LogP contribution is -2.53. The van der Waals surface area contributed by atoms with Crippen LogP contribution in [0.1, 0.15) is 19.8 Å². The smallest absolute Gasteiger partial charge is 0.227 e. The molecule has 9 nitrogen and oxygen atoms in total. The second-order valence-corrected chi connectivity index (χ2v) is 7.32. The van der Waals surface area contributed by atoms with Crippen molar-refractivity contribution >= 4 is 17.6 Å². The number of nitrogens with zero attached hydrogens (tertiary/aromatic N) is 7. The van der Waals surface area contributed by atoms with Crippen LogP contribution in [0.25, 0.3) is 5.82 Å². The van der Waals surface area contributed by atoms with Crippen LogP contribution < -0.4 is 4.90 Å². The molecular formula is C19H25N7O2. The van der Waals surface area contributed by atoms with Crippen LogP contribution in [0.4, 0.5) is 5.82 Å². The fourth-order valence-electron chi connectivity index (χ4n) is 3.90. The van der Waals surface area contributed by atoms with E-state index in [9.17, 15) is 9.59 Å². The molecule has 148 valence electrons. The van der Waals surface area contributed by atoms with Gasteiger partial charge in [0.05, 0.1) is 5.92 Å². The van der Waals surface area contributed by atoms with Gasteiger partial charge in [0.1, 0.15) is 0 Å². The molecule has 0 N–H and O–H groups in total. The summed E-state index contributed by atoms with van der Waals surface area (Å²) in [5.41, 5.74) is 0. The van der Waals surface area contributed by atoms with Gasteiger partial charge in [-0.15, -0.1) is 10.2 Å². The molecule has 0 bridgehead atoms. The third-order valence-corrected chi connectivity index (χ3v) is 5.51. The summed E-state index contributed by atoms with van der Waals surface area (Å²) in [5, 5.41) is 12.8. The Kier molecular flexibility index (Phi) is 5.23. The number of piperidine rings is 1. The van der Waals surface area contributed by atoms with E-state index in [0.717, 1.165) is 25.2 Å². The molecule has 0 aromatic carbocycles. The fraction of sp³-hybridized carbons (Fsp3) is 0.526. The van der Waals surface area contributed by atoms with Gasteiger partial charge in [0.15, 0.2) is 11.6 Å². The van der Waals surface area contributed by atoms with Crippen LogP contribution in [0, 0.1) is 5.92 Å². The van der Waals surface area contributed by atoms with Gasteiger partial charge in [0, 0.05) is 58.6 Å². The zero-order valence-corrected chi connectivity index (χ0v) is 16.1. The van der Waals surface area contributed by atoms with Crippen molar-refractivity contribution in [3.8, 4) is 5.82 Å². The molecule has 9 heteroatoms. The van der Waals surface area contributed by atoms with E-state index < -0.39 is 0 Å². The number of rotatable bonds is 3. The van der Waals surface area contributed by atoms with Gasteiger partial charge in [-0.05, 0) is 31.0 Å². The Morgan fingerprint density at radius 3 is 2.36 bits per heavy atom. The van der Waals surface area contributed by atoms with Crippen LogP contribution in [-0.2, 0) is 9.59 Å². The van der Waals surface area contributed by atoms with E-state index in [1.165, 1.54) is 0 Å². The van der Waals surface area contributed by atoms with E-state index in [-0.39, 0.29) is 17.7 Å². The molecule has 2 saturated heterocycles. The van der Waals surface area contributed by atoms with Crippen LogP contribution in [0.2, 0.25) is 0 Å². The van der Waals surface area contributed by atoms with E-state index >= 15 is 0 Å². The van der Waals surface area contributed by atoms with Gasteiger partial charge in [-0.25, -0.2) is 4.68 Å². The number of amides is 2. The lowest BCUT2D eigenvalue weighted by molar-refractivity contribution is -0.141. The van der Waals surface area contributed by atoms with Crippen molar-refractivity contribution in [1.29, 1.82) is 0 Å². The molecule has 4 heterocycles. The minimum absolute atomic E-state index is 0.0368. The van der Waals surface area contributed by atoms with E-state index in [2.05, 4.69) is 20.2 Å². The van der Waals surface area contributed by atoms with Gasteiger partial charge >= 0.3 is 0 Å². The third kappa shape index (κ3) is 3.83. The van der Waals surface area contributed by atoms with Gasteiger partial charge in [0.2, 0.25) is 11.8 Å². The second-order valence-electron chi connectivity index (χ2n) is 7.32. The Morgan fingerprint density at radius 2 is 1.71 bits per heavy atom. The molecule has 28 heavy (non-hydrogen) atoms. The fourth-order valence-corrected chi connectivity index (χ4v) is 3.90. The van der Waals surface area contributed by atoms with Crippen LogP contribution in [0.3, 0.4) is 0 Å². The summed E-state index contributed by atoms with van der Waals surface area (Å²) in [6.45, 7) is 5.59. The summed E-state index contributed by atoms with van der Waals surface area (Å²) >= 11 is 0. The first-order valence-corrected chi connectivity index (χ1v) is 9.75. The Morgan fingerprint density at radius 1 is 1.00 bits per heavy atom. The molecule has 2 aromatic rings. The predicted molar refractivity (Wildman–Crippen MR) is 103 cm³/mol. The Balaban J connectivity index is 1.38. The number of aromatic nitrogens is 4. The SMILES string of the molecule is CC(=O)N1CCN(C(=O)C2CCCN(c3ccc(-n4cccn4)nn3)C2)CC1. The average Bonchev–Trinajstić information content (AvgIpc) is 3.28. The van der Waals surface area contributed by atoms with Crippen molar-refractivity contribution in [1.82, 2.24) is 29.8 Å². The predicted octanol–water partition coefficient (Wildman–Crippen LogP) is 0.569. The van der Waals surface area contributed by atoms with Crippen LogP contribution in [0.5, 0.6) is 0 Å². The van der Waals surface area contributed by atoms with Crippen molar-refractivity contribution in [3.05, 3.63) is 30.6 Å². The van der Waals surface area contributed by atoms with E-state index in [0.29, 0.717) is 38.5 Å². The lowest BCUT2D eigenvalue weighted by Gasteiger charge is -2.39. The first-order valence-electron chi connectivity index (χ1n) is 9.75. The average molecular weight is 383 g/mol. The van der Waals surface area contributed by atoms with Crippen LogP contribution in [-0.4, -0.2) is 80.9 Å². The van der Waals surface area contributed by atoms with Gasteiger partial charge in [-0.3, -0.25) is 9.59 Å². The minimum atomic E-state index is -0.0368. The molecule has 0 spiro atoms. The first-order chi connectivity index (χ1) is 13.6. The zero-order chi connectivity index (χ0) is 19.5. The first kappa shape index (κ1) is 18.4. The van der Waals surface area contributed by atoms with Gasteiger partial charge in [-0.2, -0.15) is 5.10 Å². The Labute approximate surface area is 163 Å². The topological polar surface area (TPSA) is 87.5 Å². The highest BCUT2D eigenvalue weighted by Gasteiger charge is 2.32. The number of anilines is 1.